The van der Waals surface area contributed by atoms with E-state index in [1.54, 1.807) is 4.90 Å². The Bertz CT molecular complexity index is 615. The van der Waals surface area contributed by atoms with Gasteiger partial charge in [0.25, 0.3) is 5.91 Å². The van der Waals surface area contributed by atoms with E-state index in [-0.39, 0.29) is 27.4 Å². The minimum absolute atomic E-state index is 0.0270. The Morgan fingerprint density at radius 1 is 1.47 bits per heavy atom. The van der Waals surface area contributed by atoms with Crippen LogP contribution < -0.4 is 5.73 Å². The van der Waals surface area contributed by atoms with Crippen molar-refractivity contribution < 1.29 is 13.2 Å². The minimum atomic E-state index is -3.36. The molecular formula is C12H15ClN2O3S. The topological polar surface area (TPSA) is 80.5 Å². The summed E-state index contributed by atoms with van der Waals surface area (Å²) in [7, 11) is -3.36. The van der Waals surface area contributed by atoms with Crippen molar-refractivity contribution in [1.29, 1.82) is 0 Å². The molecule has 7 heteroatoms. The summed E-state index contributed by atoms with van der Waals surface area (Å²) in [6.45, 7) is 1.04. The van der Waals surface area contributed by atoms with Crippen molar-refractivity contribution >= 4 is 27.3 Å². The highest BCUT2D eigenvalue weighted by molar-refractivity contribution is 7.90. The number of halogens is 1. The van der Waals surface area contributed by atoms with E-state index in [2.05, 4.69) is 0 Å². The molecule has 0 spiro atoms. The zero-order chi connectivity index (χ0) is 14.2. The summed E-state index contributed by atoms with van der Waals surface area (Å²) in [5.41, 5.74) is 5.96. The molecule has 1 aliphatic rings. The van der Waals surface area contributed by atoms with Gasteiger partial charge in [-0.1, -0.05) is 11.6 Å². The van der Waals surface area contributed by atoms with Crippen molar-refractivity contribution in [2.75, 3.05) is 19.3 Å². The van der Waals surface area contributed by atoms with Crippen molar-refractivity contribution in [1.82, 2.24) is 4.90 Å². The summed E-state index contributed by atoms with van der Waals surface area (Å²) >= 11 is 5.98. The molecule has 1 aliphatic heterocycles. The lowest BCUT2D eigenvalue weighted by Gasteiger charge is -2.17. The maximum Gasteiger partial charge on any atom is 0.255 e. The predicted octanol–water partition coefficient (Wildman–Crippen LogP) is 0.917. The first-order chi connectivity index (χ1) is 8.79. The number of nitrogens with two attached hydrogens (primary N) is 1. The number of benzene rings is 1. The van der Waals surface area contributed by atoms with Crippen LogP contribution in [0.5, 0.6) is 0 Å². The lowest BCUT2D eigenvalue weighted by molar-refractivity contribution is 0.0791. The van der Waals surface area contributed by atoms with Crippen LogP contribution in [0.15, 0.2) is 23.1 Å². The molecule has 19 heavy (non-hydrogen) atoms. The molecule has 0 saturated carbocycles. The molecule has 0 aromatic heterocycles. The van der Waals surface area contributed by atoms with Crippen LogP contribution in [-0.4, -0.2) is 44.6 Å². The van der Waals surface area contributed by atoms with Crippen LogP contribution in [0.3, 0.4) is 0 Å². The summed E-state index contributed by atoms with van der Waals surface area (Å²) < 4.78 is 23.0. The van der Waals surface area contributed by atoms with Crippen molar-refractivity contribution in [3.8, 4) is 0 Å². The molecule has 104 valence electrons. The largest absolute Gasteiger partial charge is 0.337 e. The average Bonchev–Trinajstić information content (AvgIpc) is 2.74. The molecular weight excluding hydrogens is 288 g/mol. The fourth-order valence-electron chi connectivity index (χ4n) is 2.04. The molecule has 1 saturated heterocycles. The van der Waals surface area contributed by atoms with E-state index in [4.69, 9.17) is 17.3 Å². The zero-order valence-corrected chi connectivity index (χ0v) is 12.0. The molecule has 1 aromatic rings. The minimum Gasteiger partial charge on any atom is -0.337 e. The Hall–Kier alpha value is -1.11. The molecule has 0 aliphatic carbocycles. The third kappa shape index (κ3) is 3.08. The number of carbonyl (C=O) groups is 1. The fourth-order valence-corrected chi connectivity index (χ4v) is 2.89. The van der Waals surface area contributed by atoms with Crippen LogP contribution >= 0.6 is 11.6 Å². The number of carbonyl (C=O) groups excluding carboxylic acids is 1. The van der Waals surface area contributed by atoms with Gasteiger partial charge in [0.1, 0.15) is 0 Å². The highest BCUT2D eigenvalue weighted by Crippen LogP contribution is 2.23. The van der Waals surface area contributed by atoms with Gasteiger partial charge >= 0.3 is 0 Å². The number of nitrogens with zero attached hydrogens (tertiary/aromatic N) is 1. The Balaban J connectivity index is 2.36. The van der Waals surface area contributed by atoms with E-state index in [0.717, 1.165) is 12.7 Å². The van der Waals surface area contributed by atoms with Gasteiger partial charge in [0.15, 0.2) is 9.84 Å². The second-order valence-electron chi connectivity index (χ2n) is 4.71. The Kier molecular flexibility index (Phi) is 3.85. The standard InChI is InChI=1S/C12H15ClN2O3S/c1-19(17,18)9-2-3-11(13)10(6-9)12(16)15-5-4-8(14)7-15/h2-3,6,8H,4-5,7,14H2,1H3/t8-/m0/s1. The van der Waals surface area contributed by atoms with E-state index in [1.807, 2.05) is 0 Å². The number of hydrogen-bond donors (Lipinski definition) is 1. The van der Waals surface area contributed by atoms with Crippen LogP contribution in [0.4, 0.5) is 0 Å². The van der Waals surface area contributed by atoms with Gasteiger partial charge < -0.3 is 10.6 Å². The molecule has 5 nitrogen and oxygen atoms in total. The smallest absolute Gasteiger partial charge is 0.255 e. The monoisotopic (exact) mass is 302 g/mol. The van der Waals surface area contributed by atoms with Gasteiger partial charge in [-0.25, -0.2) is 8.42 Å². The van der Waals surface area contributed by atoms with E-state index < -0.39 is 9.84 Å². The van der Waals surface area contributed by atoms with Gasteiger partial charge in [0, 0.05) is 25.4 Å². The fraction of sp³-hybridized carbons (Fsp3) is 0.417. The Morgan fingerprint density at radius 2 is 2.16 bits per heavy atom. The van der Waals surface area contributed by atoms with Crippen molar-refractivity contribution in [3.05, 3.63) is 28.8 Å². The van der Waals surface area contributed by atoms with E-state index in [0.29, 0.717) is 13.1 Å². The maximum atomic E-state index is 12.3. The highest BCUT2D eigenvalue weighted by atomic mass is 35.5. The highest BCUT2D eigenvalue weighted by Gasteiger charge is 2.26. The van der Waals surface area contributed by atoms with Gasteiger partial charge in [-0.2, -0.15) is 0 Å². The van der Waals surface area contributed by atoms with Gasteiger partial charge in [0.2, 0.25) is 0 Å². The van der Waals surface area contributed by atoms with Gasteiger partial charge in [-0.05, 0) is 24.6 Å². The molecule has 2 rings (SSSR count). The van der Waals surface area contributed by atoms with Crippen molar-refractivity contribution in [2.45, 2.75) is 17.4 Å². The number of rotatable bonds is 2. The molecule has 2 N–H and O–H groups in total. The lowest BCUT2D eigenvalue weighted by Crippen LogP contribution is -2.32. The molecule has 0 radical (unpaired) electrons. The van der Waals surface area contributed by atoms with Crippen molar-refractivity contribution in [3.63, 3.8) is 0 Å². The SMILES string of the molecule is CS(=O)(=O)c1ccc(Cl)c(C(=O)N2CC[C@H](N)C2)c1. The summed E-state index contributed by atoms with van der Waals surface area (Å²) in [5.74, 6) is -0.275. The van der Waals surface area contributed by atoms with Crippen molar-refractivity contribution in [2.24, 2.45) is 5.73 Å². The molecule has 0 bridgehead atoms. The second kappa shape index (κ2) is 5.11. The maximum absolute atomic E-state index is 12.3. The zero-order valence-electron chi connectivity index (χ0n) is 10.5. The summed E-state index contributed by atoms with van der Waals surface area (Å²) in [4.78, 5) is 14.0. The van der Waals surface area contributed by atoms with E-state index in [1.165, 1.54) is 18.2 Å². The first-order valence-corrected chi connectivity index (χ1v) is 8.10. The molecule has 1 atom stereocenters. The molecule has 0 unspecified atom stereocenters. The number of hydrogen-bond acceptors (Lipinski definition) is 4. The first kappa shape index (κ1) is 14.3. The number of amides is 1. The van der Waals surface area contributed by atoms with E-state index >= 15 is 0 Å². The molecule has 1 aromatic carbocycles. The third-order valence-electron chi connectivity index (χ3n) is 3.11. The molecule has 1 fully saturated rings. The van der Waals surface area contributed by atoms with Crippen LogP contribution in [0.2, 0.25) is 5.02 Å². The Morgan fingerprint density at radius 3 is 2.68 bits per heavy atom. The van der Waals surface area contributed by atoms with Crippen LogP contribution in [0.25, 0.3) is 0 Å². The summed E-state index contributed by atoms with van der Waals surface area (Å²) in [6, 6.07) is 4.12. The lowest BCUT2D eigenvalue weighted by atomic mass is 10.2. The Labute approximate surface area is 117 Å². The van der Waals surface area contributed by atoms with Gasteiger partial charge in [-0.15, -0.1) is 0 Å². The summed E-state index contributed by atoms with van der Waals surface area (Å²) in [6.07, 6.45) is 1.84. The number of likely N-dealkylation sites (tertiary alicyclic amines) is 1. The van der Waals surface area contributed by atoms with Gasteiger partial charge in [0.05, 0.1) is 15.5 Å². The van der Waals surface area contributed by atoms with E-state index in [9.17, 15) is 13.2 Å². The predicted molar refractivity (Wildman–Crippen MR) is 73.1 cm³/mol. The second-order valence-corrected chi connectivity index (χ2v) is 7.14. The van der Waals surface area contributed by atoms with Crippen LogP contribution in [-0.2, 0) is 9.84 Å². The first-order valence-electron chi connectivity index (χ1n) is 5.83. The van der Waals surface area contributed by atoms with Crippen LogP contribution in [0, 0.1) is 0 Å². The van der Waals surface area contributed by atoms with Crippen LogP contribution in [0.1, 0.15) is 16.8 Å². The third-order valence-corrected chi connectivity index (χ3v) is 4.55. The van der Waals surface area contributed by atoms with Gasteiger partial charge in [-0.3, -0.25) is 4.79 Å². The molecule has 1 amide bonds. The number of sulfone groups is 1. The quantitative estimate of drug-likeness (QED) is 0.881. The summed E-state index contributed by atoms with van der Waals surface area (Å²) in [5, 5.41) is 0.248. The normalized spacial score (nSPS) is 19.7. The molecule has 1 heterocycles. The average molecular weight is 303 g/mol.